The third kappa shape index (κ3) is 4.07. The van der Waals surface area contributed by atoms with Crippen LogP contribution >= 0.6 is 0 Å². The fourth-order valence-electron chi connectivity index (χ4n) is 4.08. The Kier molecular flexibility index (Phi) is 5.68. The molecule has 2 heterocycles. The fraction of sp³-hybridized carbons (Fsp3) is 0.333. The number of pyridine rings is 1. The number of H-pyrrole nitrogens is 1. The molecule has 11 heteroatoms. The summed E-state index contributed by atoms with van der Waals surface area (Å²) in [7, 11) is 0. The molecule has 1 amide bonds. The smallest absolute Gasteiger partial charge is 0.378 e. The Morgan fingerprint density at radius 3 is 2.66 bits per heavy atom. The highest BCUT2D eigenvalue weighted by Crippen LogP contribution is 2.47. The van der Waals surface area contributed by atoms with Crippen LogP contribution in [0.4, 0.5) is 34.7 Å². The van der Waals surface area contributed by atoms with Gasteiger partial charge in [0.2, 0.25) is 5.91 Å². The summed E-state index contributed by atoms with van der Waals surface area (Å²) < 4.78 is 57.9. The van der Waals surface area contributed by atoms with Gasteiger partial charge in [-0.1, -0.05) is 17.3 Å². The Morgan fingerprint density at radius 2 is 1.97 bits per heavy atom. The number of carbonyl (C=O) groups excluding carboxylic acids is 1. The van der Waals surface area contributed by atoms with Crippen molar-refractivity contribution in [2.75, 3.05) is 10.4 Å². The van der Waals surface area contributed by atoms with Crippen molar-refractivity contribution in [3.63, 3.8) is 0 Å². The maximum absolute atomic E-state index is 15.8. The third-order valence-corrected chi connectivity index (χ3v) is 5.71. The van der Waals surface area contributed by atoms with Gasteiger partial charge in [-0.25, -0.2) is 0 Å². The molecule has 2 atom stereocenters. The first-order chi connectivity index (χ1) is 15.2. The van der Waals surface area contributed by atoms with Crippen LogP contribution in [0.15, 0.2) is 36.8 Å². The number of nitrogens with two attached hydrogens (primary N) is 2. The number of aromatic nitrogens is 2. The van der Waals surface area contributed by atoms with Gasteiger partial charge < -0.3 is 21.8 Å². The molecule has 3 aromatic rings. The number of aromatic amines is 1. The molecular weight excluding hydrogens is 428 g/mol. The number of hydrogen-bond donors (Lipinski definition) is 4. The van der Waals surface area contributed by atoms with Crippen LogP contribution in [0.3, 0.4) is 0 Å². The molecule has 1 aliphatic rings. The van der Waals surface area contributed by atoms with E-state index in [2.05, 4.69) is 15.3 Å². The molecule has 0 bridgehead atoms. The molecule has 2 unspecified atom stereocenters. The normalized spacial score (nSPS) is 19.2. The van der Waals surface area contributed by atoms with E-state index in [9.17, 15) is 18.0 Å². The number of fused-ring (bicyclic) bond motifs is 1. The maximum atomic E-state index is 15.8. The van der Waals surface area contributed by atoms with E-state index in [1.165, 1.54) is 12.3 Å². The Morgan fingerprint density at radius 1 is 1.22 bits per heavy atom. The first-order valence-electron chi connectivity index (χ1n) is 10.1. The summed E-state index contributed by atoms with van der Waals surface area (Å²) in [4.78, 5) is 18.0. The summed E-state index contributed by atoms with van der Waals surface area (Å²) in [5.41, 5.74) is 9.39. The highest BCUT2D eigenvalue weighted by Gasteiger charge is 2.38. The standard InChI is InChI=1S/C21H22F4N6O/c22-21(23,24)14-8-17-13(5-6-29-17)19(18(14)30-16-4-2-1-3-15(16)26)31(25)12-7-11(20(27)32)9-28-10-12/h5-10,15-16,29-30H,1-4,26H2,(H2,27,32). The largest absolute Gasteiger partial charge is 0.418 e. The predicted octanol–water partition coefficient (Wildman–Crippen LogP) is 4.39. The van der Waals surface area contributed by atoms with Gasteiger partial charge >= 0.3 is 6.18 Å². The van der Waals surface area contributed by atoms with Crippen molar-refractivity contribution in [2.45, 2.75) is 43.9 Å². The molecule has 1 saturated carbocycles. The second kappa shape index (κ2) is 8.30. The lowest BCUT2D eigenvalue weighted by Crippen LogP contribution is -2.43. The van der Waals surface area contributed by atoms with Crippen molar-refractivity contribution in [1.82, 2.24) is 9.97 Å². The highest BCUT2D eigenvalue weighted by atomic mass is 19.4. The van der Waals surface area contributed by atoms with E-state index in [4.69, 9.17) is 11.5 Å². The summed E-state index contributed by atoms with van der Waals surface area (Å²) in [5.74, 6) is -0.838. The SMILES string of the molecule is NC(=O)c1cncc(N(F)c2c(NC3CCCCC3N)c(C(F)(F)F)cc3[nH]ccc23)c1. The van der Waals surface area contributed by atoms with Crippen molar-refractivity contribution < 1.29 is 22.4 Å². The number of alkyl halides is 3. The van der Waals surface area contributed by atoms with Gasteiger partial charge in [-0.05, 0) is 31.0 Å². The number of amides is 1. The van der Waals surface area contributed by atoms with Crippen molar-refractivity contribution in [3.05, 3.63) is 47.9 Å². The number of benzene rings is 1. The molecule has 1 fully saturated rings. The Hall–Kier alpha value is -3.34. The van der Waals surface area contributed by atoms with Crippen LogP contribution in [-0.4, -0.2) is 28.0 Å². The minimum Gasteiger partial charge on any atom is -0.378 e. The Bertz CT molecular complexity index is 1150. The summed E-state index contributed by atoms with van der Waals surface area (Å²) in [5, 5.41) is 3.20. The zero-order valence-electron chi connectivity index (χ0n) is 16.9. The molecular formula is C21H22F4N6O. The number of primary amides is 1. The minimum atomic E-state index is -4.76. The second-order valence-electron chi connectivity index (χ2n) is 7.86. The van der Waals surface area contributed by atoms with Crippen LogP contribution in [0.5, 0.6) is 0 Å². The van der Waals surface area contributed by atoms with Crippen LogP contribution in [-0.2, 0) is 6.18 Å². The summed E-state index contributed by atoms with van der Waals surface area (Å²) in [6, 6.07) is 2.73. The number of nitrogens with one attached hydrogen (secondary N) is 2. The first-order valence-corrected chi connectivity index (χ1v) is 10.1. The maximum Gasteiger partial charge on any atom is 0.418 e. The van der Waals surface area contributed by atoms with E-state index in [0.717, 1.165) is 37.4 Å². The lowest BCUT2D eigenvalue weighted by atomic mass is 9.90. The van der Waals surface area contributed by atoms with Crippen LogP contribution in [0.2, 0.25) is 0 Å². The monoisotopic (exact) mass is 450 g/mol. The molecule has 2 aromatic heterocycles. The lowest BCUT2D eigenvalue weighted by molar-refractivity contribution is -0.136. The van der Waals surface area contributed by atoms with Gasteiger partial charge in [-0.15, -0.1) is 0 Å². The van der Waals surface area contributed by atoms with Gasteiger partial charge in [0.25, 0.3) is 0 Å². The summed E-state index contributed by atoms with van der Waals surface area (Å²) in [6.45, 7) is 0. The summed E-state index contributed by atoms with van der Waals surface area (Å²) in [6.07, 6.45) is 1.83. The number of carbonyl (C=O) groups is 1. The van der Waals surface area contributed by atoms with Crippen molar-refractivity contribution in [2.24, 2.45) is 11.5 Å². The van der Waals surface area contributed by atoms with Crippen molar-refractivity contribution in [1.29, 1.82) is 0 Å². The van der Waals surface area contributed by atoms with E-state index in [1.54, 1.807) is 0 Å². The Balaban J connectivity index is 1.92. The van der Waals surface area contributed by atoms with Crippen molar-refractivity contribution in [3.8, 4) is 0 Å². The molecule has 4 rings (SSSR count). The van der Waals surface area contributed by atoms with E-state index < -0.39 is 29.4 Å². The van der Waals surface area contributed by atoms with E-state index >= 15 is 4.48 Å². The van der Waals surface area contributed by atoms with Gasteiger partial charge in [-0.3, -0.25) is 9.78 Å². The average molecular weight is 450 g/mol. The molecule has 0 aliphatic heterocycles. The number of halogens is 4. The molecule has 0 spiro atoms. The van der Waals surface area contributed by atoms with Crippen LogP contribution in [0.25, 0.3) is 10.9 Å². The molecule has 170 valence electrons. The first kappa shape index (κ1) is 21.9. The molecule has 32 heavy (non-hydrogen) atoms. The predicted molar refractivity (Wildman–Crippen MR) is 113 cm³/mol. The number of rotatable bonds is 5. The topological polar surface area (TPSA) is 113 Å². The lowest BCUT2D eigenvalue weighted by Gasteiger charge is -2.33. The van der Waals surface area contributed by atoms with E-state index in [-0.39, 0.29) is 39.0 Å². The molecule has 6 N–H and O–H groups in total. The quantitative estimate of drug-likeness (QED) is 0.340. The average Bonchev–Trinajstić information content (AvgIpc) is 3.22. The van der Waals surface area contributed by atoms with E-state index in [0.29, 0.717) is 12.8 Å². The fourth-order valence-corrected chi connectivity index (χ4v) is 4.08. The number of hydrogen-bond acceptors (Lipinski definition) is 5. The van der Waals surface area contributed by atoms with Gasteiger partial charge in [0.1, 0.15) is 5.69 Å². The Labute approximate surface area is 180 Å². The number of anilines is 3. The van der Waals surface area contributed by atoms with Gasteiger partial charge in [-0.2, -0.15) is 18.3 Å². The molecule has 1 aromatic carbocycles. The third-order valence-electron chi connectivity index (χ3n) is 5.71. The highest BCUT2D eigenvalue weighted by molar-refractivity contribution is 6.02. The molecule has 0 radical (unpaired) electrons. The van der Waals surface area contributed by atoms with Gasteiger partial charge in [0, 0.05) is 35.4 Å². The summed E-state index contributed by atoms with van der Waals surface area (Å²) >= 11 is 0. The zero-order valence-corrected chi connectivity index (χ0v) is 16.9. The minimum absolute atomic E-state index is 0.0775. The van der Waals surface area contributed by atoms with Gasteiger partial charge in [0.15, 0.2) is 0 Å². The molecule has 7 nitrogen and oxygen atoms in total. The van der Waals surface area contributed by atoms with Crippen LogP contribution in [0, 0.1) is 0 Å². The molecule has 0 saturated heterocycles. The van der Waals surface area contributed by atoms with E-state index in [1.807, 2.05) is 0 Å². The van der Waals surface area contributed by atoms with Crippen LogP contribution in [0.1, 0.15) is 41.6 Å². The van der Waals surface area contributed by atoms with Crippen molar-refractivity contribution >= 4 is 33.9 Å². The number of nitrogens with zero attached hydrogens (tertiary/aromatic N) is 2. The second-order valence-corrected chi connectivity index (χ2v) is 7.86. The molecule has 1 aliphatic carbocycles. The van der Waals surface area contributed by atoms with Gasteiger partial charge in [0.05, 0.1) is 28.7 Å². The zero-order chi connectivity index (χ0) is 23.0. The van der Waals surface area contributed by atoms with Crippen LogP contribution < -0.4 is 21.9 Å².